The van der Waals surface area contributed by atoms with E-state index in [2.05, 4.69) is 15.9 Å². The molecule has 5 heteroatoms. The van der Waals surface area contributed by atoms with Gasteiger partial charge in [-0.2, -0.15) is 13.2 Å². The number of alkyl halides is 3. The van der Waals surface area contributed by atoms with Gasteiger partial charge in [0.1, 0.15) is 5.75 Å². The maximum absolute atomic E-state index is 12.1. The average Bonchev–Trinajstić information content (AvgIpc) is 2.39. The largest absolute Gasteiger partial charge is 0.494 e. The molecule has 2 rings (SSSR count). The third kappa shape index (κ3) is 7.21. The summed E-state index contributed by atoms with van der Waals surface area (Å²) in [6, 6.07) is 7.81. The zero-order valence-corrected chi connectivity index (χ0v) is 14.0. The molecule has 120 valence electrons. The fraction of sp³-hybridized carbons (Fsp3) is 0.625. The Morgan fingerprint density at radius 1 is 1.19 bits per heavy atom. The smallest absolute Gasteiger partial charge is 0.391 e. The first-order chi connectivity index (χ1) is 9.82. The Morgan fingerprint density at radius 2 is 1.81 bits per heavy atom. The Hall–Kier alpha value is -0.710. The normalized spacial score (nSPS) is 22.2. The lowest BCUT2D eigenvalue weighted by molar-refractivity contribution is -0.183. The predicted octanol–water partition coefficient (Wildman–Crippen LogP) is 6.22. The van der Waals surface area contributed by atoms with Gasteiger partial charge in [-0.15, -0.1) is 0 Å². The van der Waals surface area contributed by atoms with Crippen LogP contribution in [0.15, 0.2) is 28.7 Å². The third-order valence-electron chi connectivity index (χ3n) is 3.59. The first-order valence-corrected chi connectivity index (χ1v) is 8.07. The van der Waals surface area contributed by atoms with Gasteiger partial charge >= 0.3 is 6.18 Å². The van der Waals surface area contributed by atoms with E-state index in [0.717, 1.165) is 29.7 Å². The molecule has 0 heterocycles. The summed E-state index contributed by atoms with van der Waals surface area (Å²) in [5.41, 5.74) is 0. The summed E-state index contributed by atoms with van der Waals surface area (Å²) in [5, 5.41) is 0. The molecular formula is C16H22BrF3O. The van der Waals surface area contributed by atoms with Gasteiger partial charge in [0.05, 0.1) is 12.5 Å². The zero-order valence-electron chi connectivity index (χ0n) is 12.4. The minimum Gasteiger partial charge on any atom is -0.494 e. The van der Waals surface area contributed by atoms with E-state index in [1.54, 1.807) is 0 Å². The highest BCUT2D eigenvalue weighted by molar-refractivity contribution is 9.10. The molecule has 1 fully saturated rings. The molecule has 0 atom stereocenters. The Balaban J connectivity index is 0.000000211. The SMILES string of the molecule is CC1CCC(C(F)(F)F)CC1.CCOc1cccc(Br)c1. The van der Waals surface area contributed by atoms with Gasteiger partial charge in [-0.1, -0.05) is 41.8 Å². The molecule has 1 aliphatic carbocycles. The summed E-state index contributed by atoms with van der Waals surface area (Å²) in [7, 11) is 0. The molecular weight excluding hydrogens is 345 g/mol. The van der Waals surface area contributed by atoms with Crippen molar-refractivity contribution < 1.29 is 17.9 Å². The topological polar surface area (TPSA) is 9.23 Å². The highest BCUT2D eigenvalue weighted by atomic mass is 79.9. The van der Waals surface area contributed by atoms with Crippen molar-refractivity contribution in [3.8, 4) is 5.75 Å². The highest BCUT2D eigenvalue weighted by Gasteiger charge is 2.40. The van der Waals surface area contributed by atoms with Crippen LogP contribution in [0, 0.1) is 11.8 Å². The van der Waals surface area contributed by atoms with E-state index in [1.165, 1.54) is 0 Å². The van der Waals surface area contributed by atoms with Gasteiger partial charge in [0.25, 0.3) is 0 Å². The summed E-state index contributed by atoms with van der Waals surface area (Å²) in [6.45, 7) is 4.71. The second-order valence-electron chi connectivity index (χ2n) is 5.39. The van der Waals surface area contributed by atoms with Crippen LogP contribution in [0.3, 0.4) is 0 Å². The fourth-order valence-electron chi connectivity index (χ4n) is 2.31. The predicted molar refractivity (Wildman–Crippen MR) is 82.5 cm³/mol. The van der Waals surface area contributed by atoms with Gasteiger partial charge in [0, 0.05) is 4.47 Å². The number of hydrogen-bond acceptors (Lipinski definition) is 1. The van der Waals surface area contributed by atoms with Gasteiger partial charge in [0.15, 0.2) is 0 Å². The summed E-state index contributed by atoms with van der Waals surface area (Å²) in [4.78, 5) is 0. The van der Waals surface area contributed by atoms with Crippen molar-refractivity contribution in [2.24, 2.45) is 11.8 Å². The van der Waals surface area contributed by atoms with Gasteiger partial charge in [-0.3, -0.25) is 0 Å². The first-order valence-electron chi connectivity index (χ1n) is 7.28. The molecule has 0 spiro atoms. The van der Waals surface area contributed by atoms with Crippen molar-refractivity contribution in [1.29, 1.82) is 0 Å². The maximum Gasteiger partial charge on any atom is 0.391 e. The Labute approximate surface area is 133 Å². The molecule has 0 bridgehead atoms. The molecule has 1 saturated carbocycles. The van der Waals surface area contributed by atoms with Gasteiger partial charge in [0.2, 0.25) is 0 Å². The molecule has 0 radical (unpaired) electrons. The molecule has 0 N–H and O–H groups in total. The van der Waals surface area contributed by atoms with E-state index >= 15 is 0 Å². The minimum atomic E-state index is -3.94. The summed E-state index contributed by atoms with van der Waals surface area (Å²) in [6.07, 6.45) is -1.79. The first kappa shape index (κ1) is 18.3. The van der Waals surface area contributed by atoms with Gasteiger partial charge < -0.3 is 4.74 Å². The van der Waals surface area contributed by atoms with Crippen LogP contribution in [0.2, 0.25) is 0 Å². The maximum atomic E-state index is 12.1. The van der Waals surface area contributed by atoms with E-state index in [1.807, 2.05) is 38.1 Å². The molecule has 1 aliphatic rings. The summed E-state index contributed by atoms with van der Waals surface area (Å²) >= 11 is 3.35. The van der Waals surface area contributed by atoms with Crippen molar-refractivity contribution in [2.75, 3.05) is 6.61 Å². The second kappa shape index (κ2) is 8.66. The van der Waals surface area contributed by atoms with Crippen LogP contribution in [-0.4, -0.2) is 12.8 Å². The Bertz CT molecular complexity index is 412. The van der Waals surface area contributed by atoms with Crippen LogP contribution in [0.25, 0.3) is 0 Å². The van der Waals surface area contributed by atoms with Crippen molar-refractivity contribution in [1.82, 2.24) is 0 Å². The van der Waals surface area contributed by atoms with Crippen LogP contribution in [0.1, 0.15) is 39.5 Å². The monoisotopic (exact) mass is 366 g/mol. The molecule has 1 nitrogen and oxygen atoms in total. The molecule has 21 heavy (non-hydrogen) atoms. The molecule has 1 aromatic carbocycles. The standard InChI is InChI=1S/C8H9BrO.C8H13F3/c1-2-10-8-5-3-4-7(9)6-8;1-6-2-4-7(5-3-6)8(9,10)11/h3-6H,2H2,1H3;6-7H,2-5H2,1H3. The molecule has 0 saturated heterocycles. The Morgan fingerprint density at radius 3 is 2.29 bits per heavy atom. The lowest BCUT2D eigenvalue weighted by Gasteiger charge is -2.27. The van der Waals surface area contributed by atoms with Crippen molar-refractivity contribution in [2.45, 2.75) is 45.7 Å². The zero-order chi connectivity index (χ0) is 15.9. The number of rotatable bonds is 2. The molecule has 1 aromatic rings. The van der Waals surface area contributed by atoms with Crippen LogP contribution >= 0.6 is 15.9 Å². The molecule has 0 amide bonds. The quantitative estimate of drug-likeness (QED) is 0.603. The number of halogens is 4. The second-order valence-corrected chi connectivity index (χ2v) is 6.30. The van der Waals surface area contributed by atoms with E-state index in [-0.39, 0.29) is 0 Å². The van der Waals surface area contributed by atoms with Gasteiger partial charge in [-0.25, -0.2) is 0 Å². The number of hydrogen-bond donors (Lipinski definition) is 0. The van der Waals surface area contributed by atoms with Crippen LogP contribution in [-0.2, 0) is 0 Å². The average molecular weight is 367 g/mol. The summed E-state index contributed by atoms with van der Waals surface area (Å²) < 4.78 is 42.5. The van der Waals surface area contributed by atoms with E-state index in [9.17, 15) is 13.2 Å². The lowest BCUT2D eigenvalue weighted by Crippen LogP contribution is -2.26. The van der Waals surface area contributed by atoms with Crippen molar-refractivity contribution in [3.05, 3.63) is 28.7 Å². The summed E-state index contributed by atoms with van der Waals surface area (Å²) in [5.74, 6) is 0.393. The fourth-order valence-corrected chi connectivity index (χ4v) is 2.69. The van der Waals surface area contributed by atoms with E-state index in [0.29, 0.717) is 18.8 Å². The number of benzene rings is 1. The van der Waals surface area contributed by atoms with E-state index < -0.39 is 12.1 Å². The van der Waals surface area contributed by atoms with Gasteiger partial charge in [-0.05, 0) is 43.9 Å². The van der Waals surface area contributed by atoms with E-state index in [4.69, 9.17) is 4.74 Å². The molecule has 0 aliphatic heterocycles. The third-order valence-corrected chi connectivity index (χ3v) is 4.08. The highest BCUT2D eigenvalue weighted by Crippen LogP contribution is 2.39. The van der Waals surface area contributed by atoms with Crippen LogP contribution < -0.4 is 4.74 Å². The minimum absolute atomic E-state index is 0.338. The van der Waals surface area contributed by atoms with Crippen LogP contribution in [0.4, 0.5) is 13.2 Å². The Kier molecular flexibility index (Phi) is 7.57. The van der Waals surface area contributed by atoms with Crippen molar-refractivity contribution in [3.63, 3.8) is 0 Å². The molecule has 0 aromatic heterocycles. The number of ether oxygens (including phenoxy) is 1. The molecule has 0 unspecified atom stereocenters. The van der Waals surface area contributed by atoms with Crippen molar-refractivity contribution >= 4 is 15.9 Å². The lowest BCUT2D eigenvalue weighted by atomic mass is 9.83. The van der Waals surface area contributed by atoms with Crippen LogP contribution in [0.5, 0.6) is 5.75 Å².